The summed E-state index contributed by atoms with van der Waals surface area (Å²) in [6, 6.07) is 0. The van der Waals surface area contributed by atoms with E-state index in [1.165, 1.54) is 0 Å². The molecule has 1 rings (SSSR count). The fourth-order valence-electron chi connectivity index (χ4n) is 1.55. The molecule has 1 amide bonds. The maximum atomic E-state index is 10.8. The van der Waals surface area contributed by atoms with Crippen molar-refractivity contribution >= 4 is 18.3 Å². The van der Waals surface area contributed by atoms with Gasteiger partial charge in [0.15, 0.2) is 0 Å². The Morgan fingerprint density at radius 3 is 2.64 bits per heavy atom. The number of amides is 1. The van der Waals surface area contributed by atoms with Crippen molar-refractivity contribution in [3.05, 3.63) is 0 Å². The van der Waals surface area contributed by atoms with Gasteiger partial charge in [-0.1, -0.05) is 0 Å². The van der Waals surface area contributed by atoms with Crippen molar-refractivity contribution in [3.8, 4) is 0 Å². The van der Waals surface area contributed by atoms with Gasteiger partial charge in [0.1, 0.15) is 6.10 Å². The summed E-state index contributed by atoms with van der Waals surface area (Å²) in [4.78, 5) is 10.8. The monoisotopic (exact) mass is 224 g/mol. The molecule has 0 aliphatic carbocycles. The molecular formula is C8H17ClN2O3. The smallest absolute Gasteiger partial charge is 0.248 e. The van der Waals surface area contributed by atoms with Crippen LogP contribution >= 0.6 is 12.4 Å². The highest BCUT2D eigenvalue weighted by Crippen LogP contribution is 2.22. The second-order valence-corrected chi connectivity index (χ2v) is 3.50. The molecule has 1 saturated heterocycles. The summed E-state index contributed by atoms with van der Waals surface area (Å²) >= 11 is 0. The Morgan fingerprint density at radius 2 is 2.07 bits per heavy atom. The molecule has 84 valence electrons. The first-order valence-corrected chi connectivity index (χ1v) is 4.40. The maximum absolute atomic E-state index is 10.8. The summed E-state index contributed by atoms with van der Waals surface area (Å²) in [5.41, 5.74) is 9.97. The minimum absolute atomic E-state index is 0. The molecule has 2 atom stereocenters. The van der Waals surface area contributed by atoms with Crippen LogP contribution in [0.2, 0.25) is 0 Å². The van der Waals surface area contributed by atoms with Crippen molar-refractivity contribution in [3.63, 3.8) is 0 Å². The Balaban J connectivity index is 0.00000169. The van der Waals surface area contributed by atoms with E-state index in [2.05, 4.69) is 0 Å². The molecule has 1 heterocycles. The summed E-state index contributed by atoms with van der Waals surface area (Å²) in [7, 11) is 0. The van der Waals surface area contributed by atoms with Crippen LogP contribution in [0.4, 0.5) is 0 Å². The van der Waals surface area contributed by atoms with Gasteiger partial charge in [-0.2, -0.15) is 0 Å². The number of primary amides is 1. The predicted molar refractivity (Wildman–Crippen MR) is 54.0 cm³/mol. The van der Waals surface area contributed by atoms with Gasteiger partial charge in [-0.15, -0.1) is 12.4 Å². The summed E-state index contributed by atoms with van der Waals surface area (Å²) in [6.45, 7) is 1.10. The average molecular weight is 225 g/mol. The van der Waals surface area contributed by atoms with E-state index in [1.807, 2.05) is 0 Å². The van der Waals surface area contributed by atoms with Crippen molar-refractivity contribution in [1.82, 2.24) is 0 Å². The minimum Gasteiger partial charge on any atom is -0.381 e. The van der Waals surface area contributed by atoms with Gasteiger partial charge in [0.05, 0.1) is 5.54 Å². The number of hydrogen-bond acceptors (Lipinski definition) is 4. The molecule has 0 spiro atoms. The Kier molecular flexibility index (Phi) is 5.36. The standard InChI is InChI=1S/C8H16N2O3.ClH/c9-7(12)6(11)8(10)2-1-4-13-5-3-8;/h6,11H,1-5,10H2,(H2,9,12);1H. The van der Waals surface area contributed by atoms with Crippen LogP contribution in [0.1, 0.15) is 19.3 Å². The molecule has 5 nitrogen and oxygen atoms in total. The number of aliphatic hydroxyl groups excluding tert-OH is 1. The highest BCUT2D eigenvalue weighted by atomic mass is 35.5. The van der Waals surface area contributed by atoms with Crippen LogP contribution in [0, 0.1) is 0 Å². The Morgan fingerprint density at radius 1 is 1.43 bits per heavy atom. The lowest BCUT2D eigenvalue weighted by atomic mass is 9.85. The number of carbonyl (C=O) groups excluding carboxylic acids is 1. The molecular weight excluding hydrogens is 208 g/mol. The van der Waals surface area contributed by atoms with E-state index >= 15 is 0 Å². The molecule has 1 aliphatic rings. The zero-order valence-corrected chi connectivity index (χ0v) is 8.76. The van der Waals surface area contributed by atoms with Gasteiger partial charge in [-0.3, -0.25) is 4.79 Å². The number of halogens is 1. The van der Waals surface area contributed by atoms with Gasteiger partial charge in [-0.05, 0) is 19.3 Å². The van der Waals surface area contributed by atoms with Crippen LogP contribution in [-0.4, -0.2) is 35.9 Å². The molecule has 5 N–H and O–H groups in total. The van der Waals surface area contributed by atoms with Crippen LogP contribution in [0.3, 0.4) is 0 Å². The Hall–Kier alpha value is -0.360. The number of carbonyl (C=O) groups is 1. The number of hydrogen-bond donors (Lipinski definition) is 3. The van der Waals surface area contributed by atoms with E-state index in [1.54, 1.807) is 0 Å². The molecule has 1 fully saturated rings. The Labute approximate surface area is 89.2 Å². The normalized spacial score (nSPS) is 29.9. The number of ether oxygens (including phenoxy) is 1. The van der Waals surface area contributed by atoms with Crippen molar-refractivity contribution in [1.29, 1.82) is 0 Å². The molecule has 0 aromatic carbocycles. The first kappa shape index (κ1) is 13.6. The van der Waals surface area contributed by atoms with Crippen LogP contribution in [0.5, 0.6) is 0 Å². The maximum Gasteiger partial charge on any atom is 0.248 e. The third-order valence-corrected chi connectivity index (χ3v) is 2.46. The highest BCUT2D eigenvalue weighted by molar-refractivity contribution is 5.85. The van der Waals surface area contributed by atoms with E-state index in [0.29, 0.717) is 26.1 Å². The molecule has 0 aromatic rings. The first-order valence-electron chi connectivity index (χ1n) is 4.40. The zero-order valence-electron chi connectivity index (χ0n) is 7.94. The van der Waals surface area contributed by atoms with Crippen LogP contribution in [0.15, 0.2) is 0 Å². The quantitative estimate of drug-likeness (QED) is 0.569. The molecule has 0 radical (unpaired) electrons. The van der Waals surface area contributed by atoms with Crippen LogP contribution in [-0.2, 0) is 9.53 Å². The van der Waals surface area contributed by atoms with E-state index in [9.17, 15) is 9.90 Å². The third-order valence-electron chi connectivity index (χ3n) is 2.46. The summed E-state index contributed by atoms with van der Waals surface area (Å²) in [5.74, 6) is -0.760. The van der Waals surface area contributed by atoms with Crippen molar-refractivity contribution < 1.29 is 14.6 Å². The van der Waals surface area contributed by atoms with Gasteiger partial charge < -0.3 is 21.3 Å². The van der Waals surface area contributed by atoms with Crippen LogP contribution in [0.25, 0.3) is 0 Å². The largest absolute Gasteiger partial charge is 0.381 e. The average Bonchev–Trinajstić information content (AvgIpc) is 2.29. The second-order valence-electron chi connectivity index (χ2n) is 3.50. The molecule has 0 aromatic heterocycles. The molecule has 1 aliphatic heterocycles. The molecule has 0 bridgehead atoms. The van der Waals surface area contributed by atoms with Crippen molar-refractivity contribution in [2.45, 2.75) is 30.9 Å². The Bertz CT molecular complexity index is 193. The van der Waals surface area contributed by atoms with E-state index < -0.39 is 17.6 Å². The number of aliphatic hydroxyl groups is 1. The summed E-state index contributed by atoms with van der Waals surface area (Å²) in [6.07, 6.45) is 0.517. The minimum atomic E-state index is -1.27. The summed E-state index contributed by atoms with van der Waals surface area (Å²) < 4.78 is 5.18. The van der Waals surface area contributed by atoms with Gasteiger partial charge in [0, 0.05) is 13.2 Å². The fourth-order valence-corrected chi connectivity index (χ4v) is 1.55. The highest BCUT2D eigenvalue weighted by Gasteiger charge is 2.37. The SMILES string of the molecule is Cl.NC(=O)C(O)C1(N)CCCOCC1. The van der Waals surface area contributed by atoms with Gasteiger partial charge in [0.2, 0.25) is 5.91 Å². The van der Waals surface area contributed by atoms with E-state index in [-0.39, 0.29) is 12.4 Å². The van der Waals surface area contributed by atoms with E-state index in [0.717, 1.165) is 6.42 Å². The molecule has 2 unspecified atom stereocenters. The summed E-state index contributed by atoms with van der Waals surface area (Å²) in [5, 5.41) is 9.48. The van der Waals surface area contributed by atoms with Crippen molar-refractivity contribution in [2.24, 2.45) is 11.5 Å². The van der Waals surface area contributed by atoms with Crippen molar-refractivity contribution in [2.75, 3.05) is 13.2 Å². The topological polar surface area (TPSA) is 98.6 Å². The van der Waals surface area contributed by atoms with Gasteiger partial charge in [-0.25, -0.2) is 0 Å². The first-order chi connectivity index (χ1) is 6.06. The second kappa shape index (κ2) is 5.50. The van der Waals surface area contributed by atoms with Gasteiger partial charge in [0.25, 0.3) is 0 Å². The predicted octanol–water partition coefficient (Wildman–Crippen LogP) is -0.848. The number of nitrogens with two attached hydrogens (primary N) is 2. The lowest BCUT2D eigenvalue weighted by Gasteiger charge is -2.30. The third kappa shape index (κ3) is 3.09. The molecule has 6 heteroatoms. The number of rotatable bonds is 2. The fraction of sp³-hybridized carbons (Fsp3) is 0.875. The zero-order chi connectivity index (χ0) is 9.90. The lowest BCUT2D eigenvalue weighted by molar-refractivity contribution is -0.129. The lowest BCUT2D eigenvalue weighted by Crippen LogP contribution is -2.56. The van der Waals surface area contributed by atoms with Crippen LogP contribution < -0.4 is 11.5 Å². The molecule has 0 saturated carbocycles. The molecule has 14 heavy (non-hydrogen) atoms. The van der Waals surface area contributed by atoms with Gasteiger partial charge >= 0.3 is 0 Å². The van der Waals surface area contributed by atoms with E-state index in [4.69, 9.17) is 16.2 Å².